The zero-order chi connectivity index (χ0) is 20.1. The molecule has 2 nitrogen and oxygen atoms in total. The molecule has 3 rings (SSSR count). The summed E-state index contributed by atoms with van der Waals surface area (Å²) in [5.74, 6) is 1.67. The molecule has 0 radical (unpaired) electrons. The molecule has 1 aliphatic heterocycles. The SMILES string of the molecule is CC=CC1=[N+](C(C)CC)c2ccc(OCC(CC)CCCC)c3cccc1c23. The van der Waals surface area contributed by atoms with E-state index >= 15 is 0 Å². The van der Waals surface area contributed by atoms with Crippen LogP contribution < -0.4 is 4.74 Å². The van der Waals surface area contributed by atoms with Gasteiger partial charge in [-0.25, -0.2) is 0 Å². The van der Waals surface area contributed by atoms with Crippen LogP contribution in [-0.4, -0.2) is 22.9 Å². The van der Waals surface area contributed by atoms with Crippen molar-refractivity contribution < 1.29 is 9.31 Å². The van der Waals surface area contributed by atoms with Crippen molar-refractivity contribution in [3.05, 3.63) is 48.0 Å². The molecule has 0 N–H and O–H groups in total. The molecule has 2 aromatic carbocycles. The van der Waals surface area contributed by atoms with Crippen molar-refractivity contribution in [2.24, 2.45) is 5.92 Å². The van der Waals surface area contributed by atoms with Gasteiger partial charge in [-0.15, -0.1) is 0 Å². The second-order valence-corrected chi connectivity index (χ2v) is 8.05. The molecule has 0 saturated carbocycles. The van der Waals surface area contributed by atoms with E-state index in [-0.39, 0.29) is 0 Å². The molecule has 0 aliphatic carbocycles. The maximum atomic E-state index is 6.38. The van der Waals surface area contributed by atoms with Crippen LogP contribution in [-0.2, 0) is 0 Å². The van der Waals surface area contributed by atoms with Gasteiger partial charge in [-0.3, -0.25) is 0 Å². The molecule has 1 aliphatic rings. The van der Waals surface area contributed by atoms with Crippen molar-refractivity contribution in [3.8, 4) is 5.75 Å². The van der Waals surface area contributed by atoms with Crippen LogP contribution in [0.5, 0.6) is 5.75 Å². The fourth-order valence-corrected chi connectivity index (χ4v) is 4.25. The first-order valence-electron chi connectivity index (χ1n) is 11.1. The first-order valence-corrected chi connectivity index (χ1v) is 11.1. The van der Waals surface area contributed by atoms with Gasteiger partial charge in [0.2, 0.25) is 11.4 Å². The Hall–Kier alpha value is -2.09. The van der Waals surface area contributed by atoms with Gasteiger partial charge in [0, 0.05) is 23.9 Å². The van der Waals surface area contributed by atoms with Crippen LogP contribution in [0, 0.1) is 5.92 Å². The van der Waals surface area contributed by atoms with Crippen LogP contribution in [0.3, 0.4) is 0 Å². The molecule has 2 unspecified atom stereocenters. The zero-order valence-corrected chi connectivity index (χ0v) is 18.3. The third-order valence-electron chi connectivity index (χ3n) is 6.15. The van der Waals surface area contributed by atoms with E-state index in [0.717, 1.165) is 18.8 Å². The van der Waals surface area contributed by atoms with Crippen molar-refractivity contribution >= 4 is 22.2 Å². The molecule has 28 heavy (non-hydrogen) atoms. The van der Waals surface area contributed by atoms with Crippen molar-refractivity contribution in [1.82, 2.24) is 0 Å². The number of ether oxygens (including phenoxy) is 1. The number of nitrogens with zero attached hydrogens (tertiary/aromatic N) is 1. The fourth-order valence-electron chi connectivity index (χ4n) is 4.25. The number of rotatable bonds is 10. The molecule has 2 atom stereocenters. The summed E-state index contributed by atoms with van der Waals surface area (Å²) in [5.41, 5.74) is 3.96. The lowest BCUT2D eigenvalue weighted by Crippen LogP contribution is -2.21. The van der Waals surface area contributed by atoms with E-state index < -0.39 is 0 Å². The monoisotopic (exact) mass is 378 g/mol. The summed E-state index contributed by atoms with van der Waals surface area (Å²) < 4.78 is 8.88. The highest BCUT2D eigenvalue weighted by atomic mass is 16.5. The normalized spacial score (nSPS) is 15.6. The Labute approximate surface area is 170 Å². The van der Waals surface area contributed by atoms with E-state index in [0.29, 0.717) is 12.0 Å². The predicted molar refractivity (Wildman–Crippen MR) is 121 cm³/mol. The molecule has 0 saturated heterocycles. The molecule has 0 fully saturated rings. The minimum atomic E-state index is 0.465. The van der Waals surface area contributed by atoms with Gasteiger partial charge in [0.15, 0.2) is 6.04 Å². The Balaban J connectivity index is 1.99. The summed E-state index contributed by atoms with van der Waals surface area (Å²) >= 11 is 0. The minimum Gasteiger partial charge on any atom is -0.493 e. The summed E-state index contributed by atoms with van der Waals surface area (Å²) in [7, 11) is 0. The highest BCUT2D eigenvalue weighted by Crippen LogP contribution is 2.41. The molecule has 0 aromatic heterocycles. The van der Waals surface area contributed by atoms with E-state index in [1.807, 2.05) is 0 Å². The number of hydrogen-bond acceptors (Lipinski definition) is 1. The molecule has 150 valence electrons. The first-order chi connectivity index (χ1) is 13.7. The van der Waals surface area contributed by atoms with Gasteiger partial charge in [0.05, 0.1) is 17.6 Å². The van der Waals surface area contributed by atoms with E-state index in [4.69, 9.17) is 4.74 Å². The topological polar surface area (TPSA) is 12.2 Å². The Morgan fingerprint density at radius 3 is 2.57 bits per heavy atom. The molecule has 2 aromatic rings. The van der Waals surface area contributed by atoms with Crippen molar-refractivity contribution in [3.63, 3.8) is 0 Å². The Bertz CT molecular complexity index is 877. The summed E-state index contributed by atoms with van der Waals surface area (Å²) in [5, 5.41) is 2.59. The van der Waals surface area contributed by atoms with E-state index in [2.05, 4.69) is 81.7 Å². The van der Waals surface area contributed by atoms with Gasteiger partial charge in [-0.1, -0.05) is 58.2 Å². The smallest absolute Gasteiger partial charge is 0.214 e. The van der Waals surface area contributed by atoms with Crippen LogP contribution >= 0.6 is 0 Å². The van der Waals surface area contributed by atoms with Crippen LogP contribution in [0.1, 0.15) is 72.3 Å². The summed E-state index contributed by atoms with van der Waals surface area (Å²) in [6.45, 7) is 12.0. The fraction of sp³-hybridized carbons (Fsp3) is 0.500. The lowest BCUT2D eigenvalue weighted by atomic mass is 10.00. The van der Waals surface area contributed by atoms with Crippen molar-refractivity contribution in [2.45, 2.75) is 72.8 Å². The number of allylic oxidation sites excluding steroid dienone is 2. The molecule has 2 heteroatoms. The average molecular weight is 379 g/mol. The van der Waals surface area contributed by atoms with Gasteiger partial charge < -0.3 is 4.74 Å². The first kappa shape index (κ1) is 20.6. The van der Waals surface area contributed by atoms with Gasteiger partial charge >= 0.3 is 0 Å². The van der Waals surface area contributed by atoms with Gasteiger partial charge in [-0.05, 0) is 38.3 Å². The molecule has 0 spiro atoms. The Kier molecular flexibility index (Phi) is 6.93. The van der Waals surface area contributed by atoms with Crippen LogP contribution in [0.25, 0.3) is 10.8 Å². The number of hydrogen-bond donors (Lipinski definition) is 0. The molecule has 0 bridgehead atoms. The van der Waals surface area contributed by atoms with Crippen LogP contribution in [0.15, 0.2) is 42.5 Å². The number of unbranched alkanes of at least 4 members (excludes halogenated alkanes) is 1. The van der Waals surface area contributed by atoms with Gasteiger partial charge in [0.25, 0.3) is 0 Å². The minimum absolute atomic E-state index is 0.465. The Morgan fingerprint density at radius 2 is 1.89 bits per heavy atom. The largest absolute Gasteiger partial charge is 0.493 e. The van der Waals surface area contributed by atoms with Crippen molar-refractivity contribution in [2.75, 3.05) is 6.61 Å². The standard InChI is InChI=1S/C26H36NO/c1-6-10-13-20(9-4)18-28-25-17-16-24-26-21(14-11-15-22(25)26)23(12-7-2)27(24)19(5)8-3/h7,11-12,14-17,19-20H,6,8-10,13,18H2,1-5H3/q+1. The maximum Gasteiger partial charge on any atom is 0.214 e. The van der Waals surface area contributed by atoms with Crippen molar-refractivity contribution in [1.29, 1.82) is 0 Å². The molecule has 1 heterocycles. The third kappa shape index (κ3) is 3.87. The highest BCUT2D eigenvalue weighted by molar-refractivity contribution is 6.20. The summed E-state index contributed by atoms with van der Waals surface area (Å²) in [4.78, 5) is 0. The molecule has 0 amide bonds. The average Bonchev–Trinajstić information content (AvgIpc) is 3.04. The summed E-state index contributed by atoms with van der Waals surface area (Å²) in [6, 6.07) is 11.6. The molecular weight excluding hydrogens is 342 g/mol. The van der Waals surface area contributed by atoms with Gasteiger partial charge in [0.1, 0.15) is 5.75 Å². The maximum absolute atomic E-state index is 6.38. The second kappa shape index (κ2) is 9.41. The number of benzene rings is 2. The Morgan fingerprint density at radius 1 is 1.07 bits per heavy atom. The van der Waals surface area contributed by atoms with E-state index in [1.165, 1.54) is 53.4 Å². The van der Waals surface area contributed by atoms with Gasteiger partial charge in [-0.2, -0.15) is 4.58 Å². The lowest BCUT2D eigenvalue weighted by Gasteiger charge is -2.17. The zero-order valence-electron chi connectivity index (χ0n) is 18.3. The van der Waals surface area contributed by atoms with E-state index in [1.54, 1.807) is 0 Å². The van der Waals surface area contributed by atoms with Crippen LogP contribution in [0.2, 0.25) is 0 Å². The van der Waals surface area contributed by atoms with Crippen LogP contribution in [0.4, 0.5) is 5.69 Å². The van der Waals surface area contributed by atoms with E-state index in [9.17, 15) is 0 Å². The summed E-state index contributed by atoms with van der Waals surface area (Å²) in [6.07, 6.45) is 10.5. The third-order valence-corrected chi connectivity index (χ3v) is 6.15. The predicted octanol–water partition coefficient (Wildman–Crippen LogP) is 7.26. The highest BCUT2D eigenvalue weighted by Gasteiger charge is 2.34. The quantitative estimate of drug-likeness (QED) is 0.396. The lowest BCUT2D eigenvalue weighted by molar-refractivity contribution is -0.476. The molecular formula is C26H36NO+. The second-order valence-electron chi connectivity index (χ2n) is 8.05.